The van der Waals surface area contributed by atoms with Crippen molar-refractivity contribution in [1.82, 2.24) is 0 Å². The molecule has 2 aliphatic rings. The molecule has 12 heteroatoms. The van der Waals surface area contributed by atoms with Crippen LogP contribution in [0, 0.1) is 25.7 Å². The zero-order chi connectivity index (χ0) is 32.7. The molecule has 3 nitrogen and oxygen atoms in total. The normalized spacial score (nSPS) is 17.7. The van der Waals surface area contributed by atoms with E-state index >= 15 is 0 Å². The van der Waals surface area contributed by atoms with Crippen LogP contribution in [-0.2, 0) is 22.1 Å². The Morgan fingerprint density at radius 1 is 0.818 bits per heavy atom. The van der Waals surface area contributed by atoms with Crippen molar-refractivity contribution >= 4 is 46.5 Å². The van der Waals surface area contributed by atoms with Crippen LogP contribution in [0.15, 0.2) is 99.2 Å². The van der Waals surface area contributed by atoms with Gasteiger partial charge in [-0.2, -0.15) is 0 Å². The maximum absolute atomic E-state index is 13.8. The first kappa shape index (κ1) is 33.7. The molecule has 0 saturated carbocycles. The van der Waals surface area contributed by atoms with Crippen LogP contribution in [0.4, 0.5) is 25.2 Å². The maximum atomic E-state index is 13.8. The zero-order valence-corrected chi connectivity index (χ0v) is 26.7. The van der Waals surface area contributed by atoms with E-state index in [0.29, 0.717) is 22.4 Å². The van der Waals surface area contributed by atoms with Crippen molar-refractivity contribution in [2.45, 2.75) is 43.9 Å². The van der Waals surface area contributed by atoms with E-state index in [1.807, 2.05) is 62.4 Å². The van der Waals surface area contributed by atoms with Crippen LogP contribution in [0.3, 0.4) is 0 Å². The molecule has 1 aliphatic heterocycles. The Hall–Kier alpha value is -3.14. The van der Waals surface area contributed by atoms with E-state index in [0.717, 1.165) is 32.1 Å². The summed E-state index contributed by atoms with van der Waals surface area (Å²) < 4.78 is 59.2. The van der Waals surface area contributed by atoms with Gasteiger partial charge in [0.05, 0.1) is 11.1 Å². The molecule has 1 atom stereocenters. The number of ketones is 1. The molecule has 0 saturated heterocycles. The number of rotatable bonds is 4. The van der Waals surface area contributed by atoms with Gasteiger partial charge in [-0.15, -0.1) is 0 Å². The van der Waals surface area contributed by atoms with Crippen LogP contribution < -0.4 is 0 Å². The Morgan fingerprint density at radius 2 is 1.30 bits per heavy atom. The molecule has 3 aromatic rings. The van der Waals surface area contributed by atoms with Crippen molar-refractivity contribution in [1.29, 1.82) is 0 Å². The summed E-state index contributed by atoms with van der Waals surface area (Å²) in [6.07, 6.45) is 4.62. The number of allylic oxidation sites excluding steroid dienone is 3. The number of carbonyl (C=O) groups is 3. The molecule has 0 spiro atoms. The molecule has 0 radical (unpaired) electrons. The van der Waals surface area contributed by atoms with Gasteiger partial charge in [-0.3, -0.25) is 4.79 Å². The van der Waals surface area contributed by atoms with E-state index < -0.39 is 18.7 Å². The third kappa shape index (κ3) is 8.96. The Bertz CT molecular complexity index is 1630. The molecule has 0 N–H and O–H groups in total. The van der Waals surface area contributed by atoms with Gasteiger partial charge in [0, 0.05) is 27.7 Å². The van der Waals surface area contributed by atoms with Gasteiger partial charge in [0.25, 0.3) is 0 Å². The molecule has 1 heterocycles. The van der Waals surface area contributed by atoms with E-state index in [1.54, 1.807) is 36.0 Å². The molecule has 0 bridgehead atoms. The Balaban J connectivity index is 0.000000566. The second kappa shape index (κ2) is 11.7. The third-order valence-corrected chi connectivity index (χ3v) is 10.0. The average molecular weight is 671 g/mol. The Kier molecular flexibility index (Phi) is 8.94. The molecule has 234 valence electrons. The van der Waals surface area contributed by atoms with Gasteiger partial charge in [-0.25, -0.2) is 9.59 Å². The number of hydrogen-bond acceptors (Lipinski definition) is 4. The zero-order valence-electron chi connectivity index (χ0n) is 24.1. The van der Waals surface area contributed by atoms with Gasteiger partial charge < -0.3 is 0 Å². The van der Waals surface area contributed by atoms with Gasteiger partial charge in [0.15, 0.2) is 21.6 Å². The van der Waals surface area contributed by atoms with Crippen LogP contribution >= 0.6 is 19.6 Å². The van der Waals surface area contributed by atoms with Crippen molar-refractivity contribution in [2.24, 2.45) is 11.8 Å². The summed E-state index contributed by atoms with van der Waals surface area (Å²) in [4.78, 5) is 43.6. The molecule has 0 amide bonds. The second-order valence-electron chi connectivity index (χ2n) is 11.0. The summed E-state index contributed by atoms with van der Waals surface area (Å²) in [5, 5.41) is -0.379. The fourth-order valence-corrected chi connectivity index (χ4v) is 7.52. The molecule has 3 aromatic carbocycles. The van der Waals surface area contributed by atoms with E-state index in [2.05, 4.69) is 19.9 Å². The number of carbonyl (C=O) groups excluding carboxylic acids is 3. The van der Waals surface area contributed by atoms with Crippen LogP contribution in [0.2, 0.25) is 0 Å². The first-order chi connectivity index (χ1) is 20.2. The van der Waals surface area contributed by atoms with E-state index in [-0.39, 0.29) is 27.8 Å². The number of thioether (sulfide) groups is 1. The first-order valence-corrected chi connectivity index (χ1v) is 17.5. The number of Topliss-reactive ketones (excluding diaryl/α,β-unsaturated/α-hetero) is 1. The molecule has 5 rings (SSSR count). The molecular weight excluding hydrogens is 641 g/mol. The summed E-state index contributed by atoms with van der Waals surface area (Å²) in [5.74, 6) is 0.312. The van der Waals surface area contributed by atoms with E-state index in [9.17, 15) is 39.6 Å². The van der Waals surface area contributed by atoms with E-state index in [1.165, 1.54) is 0 Å². The predicted octanol–water partition coefficient (Wildman–Crippen LogP) is 10.7. The molecule has 44 heavy (non-hydrogen) atoms. The Morgan fingerprint density at radius 3 is 1.75 bits per heavy atom. The van der Waals surface area contributed by atoms with E-state index in [4.69, 9.17) is 0 Å². The fourth-order valence-electron chi connectivity index (χ4n) is 4.64. The van der Waals surface area contributed by atoms with Crippen LogP contribution in [0.25, 0.3) is 0 Å². The number of halogens is 6. The van der Waals surface area contributed by atoms with Crippen molar-refractivity contribution < 1.29 is 39.6 Å². The minimum atomic E-state index is -10.7. The van der Waals surface area contributed by atoms with Gasteiger partial charge in [-0.1, -0.05) is 73.2 Å². The predicted molar refractivity (Wildman–Crippen MR) is 166 cm³/mol. The van der Waals surface area contributed by atoms with Crippen molar-refractivity contribution in [3.63, 3.8) is 0 Å². The van der Waals surface area contributed by atoms with Gasteiger partial charge in [0.2, 0.25) is 0 Å². The third-order valence-electron chi connectivity index (χ3n) is 6.87. The van der Waals surface area contributed by atoms with Crippen molar-refractivity contribution in [3.05, 3.63) is 117 Å². The summed E-state index contributed by atoms with van der Waals surface area (Å²) in [6.45, 7) is 8.08. The average Bonchev–Trinajstić information content (AvgIpc) is 2.91. The molecular formula is C32H29F6O3PS2. The van der Waals surface area contributed by atoms with Crippen LogP contribution in [0.1, 0.15) is 51.3 Å². The van der Waals surface area contributed by atoms with Gasteiger partial charge in [-0.05, 0) is 67.8 Å². The molecule has 0 fully saturated rings. The number of aryl methyl sites for hydroxylation is 2. The minimum absolute atomic E-state index is 0.107. The summed E-state index contributed by atoms with van der Waals surface area (Å²) >= 11 is 1.60. The monoisotopic (exact) mass is 670 g/mol. The summed E-state index contributed by atoms with van der Waals surface area (Å²) in [7, 11) is -12.0. The Labute approximate surface area is 258 Å². The van der Waals surface area contributed by atoms with Crippen molar-refractivity contribution in [2.75, 3.05) is 0 Å². The standard InChI is InChI=1S/C32H29O3S2.F6P/c1-19(2)26-14-16-29-27(30(26)33)18-24-17-25(13-15-28(24)36-29)37(31(34)22-9-5-20(3)6-10-22)32(35)23-11-7-21(4)8-12-23;1-7(2,3,4,5)6/h5-17,19,26H,18H2,1-4H3;/q+1;-1. The summed E-state index contributed by atoms with van der Waals surface area (Å²) in [6, 6.07) is 20.7. The second-order valence-corrected chi connectivity index (χ2v) is 15.8. The summed E-state index contributed by atoms with van der Waals surface area (Å²) in [5.41, 5.74) is 5.01. The van der Waals surface area contributed by atoms with Gasteiger partial charge >= 0.3 is 43.2 Å². The SMILES string of the molecule is Cc1ccc(C(=O)[S+](C(=O)c2ccc(C)cc2)c2ccc3c(c2)CC2=C(C=CC(C(C)C)C2=O)S3)cc1.F[P-](F)(F)(F)(F)F. The van der Waals surface area contributed by atoms with Crippen LogP contribution in [0.5, 0.6) is 0 Å². The first-order valence-electron chi connectivity index (χ1n) is 13.5. The van der Waals surface area contributed by atoms with Crippen molar-refractivity contribution in [3.8, 4) is 0 Å². The molecule has 0 aromatic heterocycles. The van der Waals surface area contributed by atoms with Gasteiger partial charge in [0.1, 0.15) is 0 Å². The molecule has 1 unspecified atom stereocenters. The quantitative estimate of drug-likeness (QED) is 0.158. The number of hydrogen-bond donors (Lipinski definition) is 0. The fraction of sp³-hybridized carbons (Fsp3) is 0.219. The number of fused-ring (bicyclic) bond motifs is 1. The van der Waals surface area contributed by atoms with Crippen LogP contribution in [-0.4, -0.2) is 16.0 Å². The topological polar surface area (TPSA) is 51.2 Å². The number of benzene rings is 3. The molecule has 1 aliphatic carbocycles.